The minimum Gasteiger partial charge on any atom is -0.480 e. The third-order valence-corrected chi connectivity index (χ3v) is 2.26. The van der Waals surface area contributed by atoms with Gasteiger partial charge in [0.15, 0.2) is 5.69 Å². The van der Waals surface area contributed by atoms with Crippen molar-refractivity contribution in [3.63, 3.8) is 0 Å². The normalized spacial score (nSPS) is 9.89. The number of rotatable bonds is 4. The Hall–Kier alpha value is -2.50. The summed E-state index contributed by atoms with van der Waals surface area (Å²) in [5.74, 6) is 0.118. The highest BCUT2D eigenvalue weighted by molar-refractivity contribution is 6.08. The summed E-state index contributed by atoms with van der Waals surface area (Å²) in [4.78, 5) is 24.1. The van der Waals surface area contributed by atoms with Gasteiger partial charge in [0.1, 0.15) is 0 Å². The standard InChI is InChI=1S/C12H11N3O3/c1-17-9-7-14-10(12(15-9)18-2)11(16)8-4-3-5-13-6-8/h3-7H,1-2H3. The van der Waals surface area contributed by atoms with E-state index in [0.717, 1.165) is 0 Å². The molecule has 0 atom stereocenters. The van der Waals surface area contributed by atoms with Crippen LogP contribution in [0, 0.1) is 0 Å². The lowest BCUT2D eigenvalue weighted by Gasteiger charge is -2.06. The first kappa shape index (κ1) is 12.0. The van der Waals surface area contributed by atoms with Crippen LogP contribution in [0.2, 0.25) is 0 Å². The van der Waals surface area contributed by atoms with Crippen molar-refractivity contribution in [3.8, 4) is 11.8 Å². The highest BCUT2D eigenvalue weighted by atomic mass is 16.5. The fraction of sp³-hybridized carbons (Fsp3) is 0.167. The Morgan fingerprint density at radius 1 is 1.22 bits per heavy atom. The number of nitrogens with zero attached hydrogens (tertiary/aromatic N) is 3. The van der Waals surface area contributed by atoms with Gasteiger partial charge >= 0.3 is 0 Å². The molecule has 6 nitrogen and oxygen atoms in total. The van der Waals surface area contributed by atoms with E-state index in [-0.39, 0.29) is 23.2 Å². The molecule has 18 heavy (non-hydrogen) atoms. The molecule has 0 bridgehead atoms. The monoisotopic (exact) mass is 245 g/mol. The number of hydrogen-bond donors (Lipinski definition) is 0. The molecular formula is C12H11N3O3. The molecule has 0 spiro atoms. The second kappa shape index (κ2) is 5.22. The Morgan fingerprint density at radius 2 is 2.06 bits per heavy atom. The lowest BCUT2D eigenvalue weighted by atomic mass is 10.1. The average molecular weight is 245 g/mol. The van der Waals surface area contributed by atoms with Crippen molar-refractivity contribution in [1.29, 1.82) is 0 Å². The molecule has 92 valence electrons. The molecule has 0 aliphatic carbocycles. The van der Waals surface area contributed by atoms with Gasteiger partial charge in [-0.2, -0.15) is 4.98 Å². The third-order valence-electron chi connectivity index (χ3n) is 2.26. The smallest absolute Gasteiger partial charge is 0.247 e. The van der Waals surface area contributed by atoms with E-state index >= 15 is 0 Å². The first-order valence-electron chi connectivity index (χ1n) is 5.16. The topological polar surface area (TPSA) is 74.2 Å². The number of hydrogen-bond acceptors (Lipinski definition) is 6. The van der Waals surface area contributed by atoms with E-state index in [2.05, 4.69) is 15.0 Å². The Bertz CT molecular complexity index is 558. The molecule has 0 aliphatic rings. The van der Waals surface area contributed by atoms with Gasteiger partial charge in [0.2, 0.25) is 17.5 Å². The molecule has 0 radical (unpaired) electrons. The highest BCUT2D eigenvalue weighted by Gasteiger charge is 2.18. The van der Waals surface area contributed by atoms with Crippen molar-refractivity contribution < 1.29 is 14.3 Å². The summed E-state index contributed by atoms with van der Waals surface area (Å²) < 4.78 is 9.96. The van der Waals surface area contributed by atoms with Crippen LogP contribution in [0.1, 0.15) is 16.1 Å². The Balaban J connectivity index is 2.42. The maximum absolute atomic E-state index is 12.2. The molecule has 0 aliphatic heterocycles. The van der Waals surface area contributed by atoms with Crippen molar-refractivity contribution in [2.45, 2.75) is 0 Å². The van der Waals surface area contributed by atoms with E-state index < -0.39 is 0 Å². The number of carbonyl (C=O) groups is 1. The summed E-state index contributed by atoms with van der Waals surface area (Å²) in [5.41, 5.74) is 0.557. The maximum atomic E-state index is 12.2. The summed E-state index contributed by atoms with van der Waals surface area (Å²) in [5, 5.41) is 0. The fourth-order valence-electron chi connectivity index (χ4n) is 1.39. The first-order chi connectivity index (χ1) is 8.76. The number of methoxy groups -OCH3 is 2. The van der Waals surface area contributed by atoms with Crippen LogP contribution in [0.5, 0.6) is 11.8 Å². The molecule has 6 heteroatoms. The molecule has 0 saturated heterocycles. The van der Waals surface area contributed by atoms with Crippen LogP contribution in [0.4, 0.5) is 0 Å². The summed E-state index contributed by atoms with van der Waals surface area (Å²) in [6, 6.07) is 3.33. The predicted molar refractivity (Wildman–Crippen MR) is 62.8 cm³/mol. The molecule has 0 saturated carbocycles. The molecule has 0 fully saturated rings. The largest absolute Gasteiger partial charge is 0.480 e. The number of pyridine rings is 1. The number of aromatic nitrogens is 3. The minimum absolute atomic E-state index is 0.128. The van der Waals surface area contributed by atoms with Gasteiger partial charge in [-0.3, -0.25) is 9.78 Å². The molecule has 0 N–H and O–H groups in total. The zero-order valence-corrected chi connectivity index (χ0v) is 9.95. The maximum Gasteiger partial charge on any atom is 0.247 e. The summed E-state index contributed by atoms with van der Waals surface area (Å²) in [6.45, 7) is 0. The van der Waals surface area contributed by atoms with Gasteiger partial charge in [0.05, 0.1) is 20.4 Å². The van der Waals surface area contributed by atoms with E-state index in [0.29, 0.717) is 5.56 Å². The van der Waals surface area contributed by atoms with E-state index in [4.69, 9.17) is 9.47 Å². The van der Waals surface area contributed by atoms with Crippen molar-refractivity contribution in [1.82, 2.24) is 15.0 Å². The molecule has 0 aromatic carbocycles. The van der Waals surface area contributed by atoms with E-state index in [1.807, 2.05) is 0 Å². The fourth-order valence-corrected chi connectivity index (χ4v) is 1.39. The van der Waals surface area contributed by atoms with Gasteiger partial charge in [0.25, 0.3) is 0 Å². The number of carbonyl (C=O) groups excluding carboxylic acids is 1. The third kappa shape index (κ3) is 2.27. The molecule has 0 unspecified atom stereocenters. The van der Waals surface area contributed by atoms with Crippen molar-refractivity contribution in [2.75, 3.05) is 14.2 Å². The van der Waals surface area contributed by atoms with Crippen LogP contribution in [0.25, 0.3) is 0 Å². The van der Waals surface area contributed by atoms with Crippen LogP contribution in [-0.4, -0.2) is 35.0 Å². The summed E-state index contributed by atoms with van der Waals surface area (Å²) >= 11 is 0. The van der Waals surface area contributed by atoms with Crippen molar-refractivity contribution >= 4 is 5.78 Å². The Labute approximate surface area is 104 Å². The molecule has 0 amide bonds. The zero-order valence-electron chi connectivity index (χ0n) is 9.95. The van der Waals surface area contributed by atoms with Gasteiger partial charge < -0.3 is 9.47 Å². The van der Waals surface area contributed by atoms with E-state index in [9.17, 15) is 4.79 Å². The van der Waals surface area contributed by atoms with E-state index in [1.165, 1.54) is 26.6 Å². The SMILES string of the molecule is COc1cnc(C(=O)c2cccnc2)c(OC)n1. The summed E-state index contributed by atoms with van der Waals surface area (Å²) in [6.07, 6.45) is 4.42. The molecular weight excluding hydrogens is 234 g/mol. The second-order valence-corrected chi connectivity index (χ2v) is 3.34. The lowest BCUT2D eigenvalue weighted by molar-refractivity contribution is 0.102. The van der Waals surface area contributed by atoms with Crippen molar-refractivity contribution in [2.24, 2.45) is 0 Å². The van der Waals surface area contributed by atoms with Gasteiger partial charge in [-0.15, -0.1) is 0 Å². The predicted octanol–water partition coefficient (Wildman–Crippen LogP) is 1.12. The first-order valence-corrected chi connectivity index (χ1v) is 5.16. The van der Waals surface area contributed by atoms with Gasteiger partial charge in [-0.25, -0.2) is 4.98 Å². The van der Waals surface area contributed by atoms with Crippen LogP contribution in [0.15, 0.2) is 30.7 Å². The number of ketones is 1. The van der Waals surface area contributed by atoms with Crippen LogP contribution < -0.4 is 9.47 Å². The molecule has 2 rings (SSSR count). The minimum atomic E-state index is -0.296. The van der Waals surface area contributed by atoms with Crippen LogP contribution >= 0.6 is 0 Å². The van der Waals surface area contributed by atoms with Gasteiger partial charge in [-0.05, 0) is 12.1 Å². The number of ether oxygens (including phenoxy) is 2. The Kier molecular flexibility index (Phi) is 3.47. The second-order valence-electron chi connectivity index (χ2n) is 3.34. The van der Waals surface area contributed by atoms with Gasteiger partial charge in [-0.1, -0.05) is 0 Å². The van der Waals surface area contributed by atoms with Crippen LogP contribution in [0.3, 0.4) is 0 Å². The lowest BCUT2D eigenvalue weighted by Crippen LogP contribution is -2.09. The quantitative estimate of drug-likeness (QED) is 0.751. The van der Waals surface area contributed by atoms with Crippen LogP contribution in [-0.2, 0) is 0 Å². The molecule has 2 aromatic rings. The zero-order chi connectivity index (χ0) is 13.0. The average Bonchev–Trinajstić information content (AvgIpc) is 2.46. The van der Waals surface area contributed by atoms with Crippen molar-refractivity contribution in [3.05, 3.63) is 42.0 Å². The van der Waals surface area contributed by atoms with E-state index in [1.54, 1.807) is 18.3 Å². The molecule has 2 aromatic heterocycles. The van der Waals surface area contributed by atoms with Gasteiger partial charge in [0, 0.05) is 18.0 Å². The highest BCUT2D eigenvalue weighted by Crippen LogP contribution is 2.19. The summed E-state index contributed by atoms with van der Waals surface area (Å²) in [7, 11) is 2.88. The molecule has 2 heterocycles. The Morgan fingerprint density at radius 3 is 2.67 bits per heavy atom.